The van der Waals surface area contributed by atoms with Crippen LogP contribution in [0.4, 0.5) is 0 Å². The fraction of sp³-hybridized carbons (Fsp3) is 0.778. The highest BCUT2D eigenvalue weighted by Gasteiger charge is 2.36. The first-order chi connectivity index (χ1) is 11.4. The van der Waals surface area contributed by atoms with E-state index in [9.17, 15) is 0 Å². The molecule has 25 heavy (non-hydrogen) atoms. The quantitative estimate of drug-likeness (QED) is 0.372. The molecule has 1 aromatic heterocycles. The predicted molar refractivity (Wildman–Crippen MR) is 119 cm³/mol. The molecule has 5 nitrogen and oxygen atoms in total. The van der Waals surface area contributed by atoms with Gasteiger partial charge in [0.25, 0.3) is 0 Å². The lowest BCUT2D eigenvalue weighted by atomic mass is 9.75. The zero-order valence-corrected chi connectivity index (χ0v) is 19.4. The van der Waals surface area contributed by atoms with Crippen molar-refractivity contribution in [1.82, 2.24) is 20.5 Å². The van der Waals surface area contributed by atoms with Gasteiger partial charge in [0.2, 0.25) is 0 Å². The molecule has 1 saturated carbocycles. The van der Waals surface area contributed by atoms with Crippen molar-refractivity contribution in [3.8, 4) is 0 Å². The van der Waals surface area contributed by atoms with Gasteiger partial charge >= 0.3 is 0 Å². The Kier molecular flexibility index (Phi) is 9.66. The van der Waals surface area contributed by atoms with Crippen molar-refractivity contribution in [2.45, 2.75) is 58.5 Å². The second-order valence-corrected chi connectivity index (χ2v) is 8.55. The molecular weight excluding hydrogens is 445 g/mol. The zero-order valence-electron chi connectivity index (χ0n) is 16.3. The van der Waals surface area contributed by atoms with E-state index in [1.54, 1.807) is 11.3 Å². The first-order valence-electron chi connectivity index (χ1n) is 9.06. The van der Waals surface area contributed by atoms with Crippen LogP contribution in [0.3, 0.4) is 0 Å². The fourth-order valence-electron chi connectivity index (χ4n) is 3.57. The van der Waals surface area contributed by atoms with Crippen molar-refractivity contribution < 1.29 is 0 Å². The molecule has 1 heterocycles. The van der Waals surface area contributed by atoms with Gasteiger partial charge in [-0.25, -0.2) is 9.98 Å². The molecule has 1 aromatic rings. The van der Waals surface area contributed by atoms with E-state index in [1.165, 1.54) is 30.6 Å². The summed E-state index contributed by atoms with van der Waals surface area (Å²) < 4.78 is 0. The third-order valence-corrected chi connectivity index (χ3v) is 5.88. The number of halogens is 1. The minimum atomic E-state index is 0. The lowest BCUT2D eigenvalue weighted by Crippen LogP contribution is -2.56. The van der Waals surface area contributed by atoms with E-state index in [0.717, 1.165) is 30.0 Å². The number of hydrogen-bond donors (Lipinski definition) is 2. The lowest BCUT2D eigenvalue weighted by molar-refractivity contribution is 0.0795. The summed E-state index contributed by atoms with van der Waals surface area (Å²) in [7, 11) is 4.42. The van der Waals surface area contributed by atoms with E-state index in [-0.39, 0.29) is 29.5 Å². The summed E-state index contributed by atoms with van der Waals surface area (Å²) in [6, 6.07) is 0. The molecule has 0 radical (unpaired) electrons. The number of thiazole rings is 1. The molecule has 7 heteroatoms. The largest absolute Gasteiger partial charge is 0.357 e. The van der Waals surface area contributed by atoms with Gasteiger partial charge in [-0.1, -0.05) is 19.8 Å². The SMILES string of the molecule is CCNC(=NCc1ncc(C)s1)NCC1(N(C)C)CCCC(C)C1.I. The fourth-order valence-corrected chi connectivity index (χ4v) is 4.28. The van der Waals surface area contributed by atoms with E-state index in [4.69, 9.17) is 4.99 Å². The Bertz CT molecular complexity index is 545. The van der Waals surface area contributed by atoms with Gasteiger partial charge in [-0.05, 0) is 46.7 Å². The van der Waals surface area contributed by atoms with Gasteiger partial charge in [-0.2, -0.15) is 0 Å². The van der Waals surface area contributed by atoms with Crippen LogP contribution >= 0.6 is 35.3 Å². The zero-order chi connectivity index (χ0) is 17.6. The third kappa shape index (κ3) is 6.67. The number of aryl methyl sites for hydroxylation is 1. The first kappa shape index (κ1) is 22.6. The minimum absolute atomic E-state index is 0. The van der Waals surface area contributed by atoms with Gasteiger partial charge in [-0.3, -0.25) is 0 Å². The number of hydrogen-bond acceptors (Lipinski definition) is 4. The average Bonchev–Trinajstić information content (AvgIpc) is 2.95. The van der Waals surface area contributed by atoms with Crippen LogP contribution in [0, 0.1) is 12.8 Å². The number of guanidine groups is 1. The summed E-state index contributed by atoms with van der Waals surface area (Å²) in [5.74, 6) is 1.69. The molecule has 1 fully saturated rings. The monoisotopic (exact) mass is 479 g/mol. The first-order valence-corrected chi connectivity index (χ1v) is 9.88. The van der Waals surface area contributed by atoms with Crippen LogP contribution in [0.15, 0.2) is 11.2 Å². The highest BCUT2D eigenvalue weighted by atomic mass is 127. The molecule has 0 saturated heterocycles. The van der Waals surface area contributed by atoms with Gasteiger partial charge in [0.05, 0.1) is 6.54 Å². The van der Waals surface area contributed by atoms with Gasteiger partial charge in [0.1, 0.15) is 5.01 Å². The van der Waals surface area contributed by atoms with Crippen LogP contribution in [0.25, 0.3) is 0 Å². The summed E-state index contributed by atoms with van der Waals surface area (Å²) in [6.45, 7) is 9.01. The Morgan fingerprint density at radius 2 is 2.20 bits per heavy atom. The lowest BCUT2D eigenvalue weighted by Gasteiger charge is -2.45. The van der Waals surface area contributed by atoms with Crippen LogP contribution in [0.1, 0.15) is 49.4 Å². The molecular formula is C18H34IN5S. The van der Waals surface area contributed by atoms with Gasteiger partial charge in [0.15, 0.2) is 5.96 Å². The van der Waals surface area contributed by atoms with E-state index < -0.39 is 0 Å². The third-order valence-electron chi connectivity index (χ3n) is 4.99. The molecule has 0 aliphatic heterocycles. The number of aromatic nitrogens is 1. The number of nitrogens with zero attached hydrogens (tertiary/aromatic N) is 3. The van der Waals surface area contributed by atoms with E-state index in [0.29, 0.717) is 6.54 Å². The van der Waals surface area contributed by atoms with Crippen molar-refractivity contribution in [3.63, 3.8) is 0 Å². The minimum Gasteiger partial charge on any atom is -0.357 e. The Balaban J connectivity index is 0.00000312. The smallest absolute Gasteiger partial charge is 0.191 e. The number of aliphatic imine (C=N–C) groups is 1. The Morgan fingerprint density at radius 1 is 1.44 bits per heavy atom. The molecule has 2 rings (SSSR count). The summed E-state index contributed by atoms with van der Waals surface area (Å²) >= 11 is 1.72. The molecule has 0 spiro atoms. The standard InChI is InChI=1S/C18H33N5S.HI/c1-6-19-17(21-12-16-20-11-15(3)24-16)22-13-18(23(4)5)9-7-8-14(2)10-18;/h11,14H,6-10,12-13H2,1-5H3,(H2,19,21,22);1H. The molecule has 0 aromatic carbocycles. The van der Waals surface area contributed by atoms with Gasteiger partial charge < -0.3 is 15.5 Å². The van der Waals surface area contributed by atoms with E-state index in [2.05, 4.69) is 55.4 Å². The summed E-state index contributed by atoms with van der Waals surface area (Å²) in [5, 5.41) is 8.02. The van der Waals surface area contributed by atoms with Crippen molar-refractivity contribution in [2.24, 2.45) is 10.9 Å². The van der Waals surface area contributed by atoms with Crippen LogP contribution < -0.4 is 10.6 Å². The average molecular weight is 479 g/mol. The van der Waals surface area contributed by atoms with Gasteiger partial charge in [-0.15, -0.1) is 35.3 Å². The molecule has 2 N–H and O–H groups in total. The van der Waals surface area contributed by atoms with E-state index >= 15 is 0 Å². The number of nitrogens with one attached hydrogen (secondary N) is 2. The summed E-state index contributed by atoms with van der Waals surface area (Å²) in [4.78, 5) is 12.8. The maximum Gasteiger partial charge on any atom is 0.191 e. The predicted octanol–water partition coefficient (Wildman–Crippen LogP) is 3.64. The van der Waals surface area contributed by atoms with Crippen LogP contribution in [0.2, 0.25) is 0 Å². The van der Waals surface area contributed by atoms with E-state index in [1.807, 2.05) is 6.20 Å². The van der Waals surface area contributed by atoms with Crippen LogP contribution in [0.5, 0.6) is 0 Å². The summed E-state index contributed by atoms with van der Waals surface area (Å²) in [5.41, 5.74) is 0.228. The van der Waals surface area contributed by atoms with Crippen molar-refractivity contribution >= 4 is 41.3 Å². The van der Waals surface area contributed by atoms with Gasteiger partial charge in [0, 0.05) is 29.7 Å². The Hall–Kier alpha value is -0.410. The normalized spacial score (nSPS) is 24.1. The van der Waals surface area contributed by atoms with Crippen molar-refractivity contribution in [3.05, 3.63) is 16.1 Å². The molecule has 2 unspecified atom stereocenters. The second-order valence-electron chi connectivity index (χ2n) is 7.23. The molecule has 0 bridgehead atoms. The maximum atomic E-state index is 4.71. The number of rotatable bonds is 6. The van der Waals surface area contributed by atoms with Crippen LogP contribution in [-0.4, -0.2) is 48.6 Å². The van der Waals surface area contributed by atoms with Crippen molar-refractivity contribution in [1.29, 1.82) is 0 Å². The molecule has 1 aliphatic carbocycles. The highest BCUT2D eigenvalue weighted by Crippen LogP contribution is 2.35. The van der Waals surface area contributed by atoms with Crippen LogP contribution in [-0.2, 0) is 6.54 Å². The molecule has 0 amide bonds. The highest BCUT2D eigenvalue weighted by molar-refractivity contribution is 14.0. The second kappa shape index (κ2) is 10.7. The van der Waals surface area contributed by atoms with Crippen molar-refractivity contribution in [2.75, 3.05) is 27.2 Å². The topological polar surface area (TPSA) is 52.6 Å². The summed E-state index contributed by atoms with van der Waals surface area (Å²) in [6.07, 6.45) is 7.08. The maximum absolute atomic E-state index is 4.71. The molecule has 144 valence electrons. The Morgan fingerprint density at radius 3 is 2.76 bits per heavy atom. The molecule has 1 aliphatic rings. The molecule has 2 atom stereocenters. The number of likely N-dealkylation sites (N-methyl/N-ethyl adjacent to an activating group) is 1. The Labute approximate surface area is 174 Å².